The van der Waals surface area contributed by atoms with Crippen molar-refractivity contribution in [1.82, 2.24) is 9.97 Å². The van der Waals surface area contributed by atoms with Crippen LogP contribution in [0.5, 0.6) is 0 Å². The summed E-state index contributed by atoms with van der Waals surface area (Å²) in [5, 5.41) is 4.74. The molecule has 0 saturated heterocycles. The van der Waals surface area contributed by atoms with Crippen molar-refractivity contribution in [2.24, 2.45) is 0 Å². The van der Waals surface area contributed by atoms with Crippen molar-refractivity contribution in [3.8, 4) is 0 Å². The number of benzene rings is 1. The Morgan fingerprint density at radius 1 is 1.19 bits per heavy atom. The van der Waals surface area contributed by atoms with Gasteiger partial charge in [-0.05, 0) is 51.6 Å². The van der Waals surface area contributed by atoms with Crippen LogP contribution in [0.4, 0.5) is 5.69 Å². The van der Waals surface area contributed by atoms with Crippen LogP contribution in [0.15, 0.2) is 34.2 Å². The van der Waals surface area contributed by atoms with E-state index in [4.69, 9.17) is 0 Å². The molecule has 0 spiro atoms. The summed E-state index contributed by atoms with van der Waals surface area (Å²) in [6, 6.07) is 7.84. The molecule has 0 aliphatic carbocycles. The van der Waals surface area contributed by atoms with Crippen LogP contribution < -0.4 is 5.32 Å². The van der Waals surface area contributed by atoms with E-state index in [2.05, 4.69) is 29.1 Å². The fourth-order valence-corrected chi connectivity index (χ4v) is 5.35. The highest BCUT2D eigenvalue weighted by molar-refractivity contribution is 8.00. The second kappa shape index (κ2) is 7.98. The predicted octanol–water partition coefficient (Wildman–Crippen LogP) is 5.46. The fraction of sp³-hybridized carbons (Fsp3) is 0.316. The lowest BCUT2D eigenvalue weighted by Gasteiger charge is -2.14. The Morgan fingerprint density at radius 2 is 1.92 bits per heavy atom. The van der Waals surface area contributed by atoms with Gasteiger partial charge < -0.3 is 5.32 Å². The minimum absolute atomic E-state index is 0.0227. The van der Waals surface area contributed by atoms with E-state index >= 15 is 0 Å². The third-order valence-electron chi connectivity index (χ3n) is 4.13. The number of anilines is 1. The van der Waals surface area contributed by atoms with E-state index < -0.39 is 0 Å². The van der Waals surface area contributed by atoms with E-state index in [9.17, 15) is 4.79 Å². The second-order valence-corrected chi connectivity index (χ2v) is 9.37. The maximum absolute atomic E-state index is 12.7. The molecule has 0 bridgehead atoms. The Hall–Kier alpha value is -1.57. The third kappa shape index (κ3) is 3.89. The van der Waals surface area contributed by atoms with E-state index in [1.807, 2.05) is 44.4 Å². The lowest BCUT2D eigenvalue weighted by molar-refractivity contribution is -0.115. The summed E-state index contributed by atoms with van der Waals surface area (Å²) in [5.74, 6) is 0.715. The summed E-state index contributed by atoms with van der Waals surface area (Å²) in [6.07, 6.45) is 2.01. The largest absolute Gasteiger partial charge is 0.324 e. The summed E-state index contributed by atoms with van der Waals surface area (Å²) in [7, 11) is 0. The number of para-hydroxylation sites is 1. The van der Waals surface area contributed by atoms with Gasteiger partial charge in [-0.25, -0.2) is 9.97 Å². The van der Waals surface area contributed by atoms with Gasteiger partial charge in [0.25, 0.3) is 0 Å². The molecule has 1 unspecified atom stereocenters. The van der Waals surface area contributed by atoms with E-state index in [-0.39, 0.29) is 11.2 Å². The first kappa shape index (κ1) is 19.2. The Labute approximate surface area is 166 Å². The smallest absolute Gasteiger partial charge is 0.237 e. The first-order valence-electron chi connectivity index (χ1n) is 8.25. The normalized spacial score (nSPS) is 12.3. The molecular weight excluding hydrogens is 382 g/mol. The van der Waals surface area contributed by atoms with Crippen LogP contribution >= 0.6 is 34.9 Å². The van der Waals surface area contributed by atoms with Crippen LogP contribution in [0, 0.1) is 20.8 Å². The molecule has 0 aliphatic rings. The topological polar surface area (TPSA) is 54.9 Å². The van der Waals surface area contributed by atoms with Crippen LogP contribution in [0.2, 0.25) is 0 Å². The molecule has 26 heavy (non-hydrogen) atoms. The SMILES string of the molecule is CSc1ccccc1NC(=O)C(C)Sc1nc(C)nc2sc(C)c(C)c12. The quantitative estimate of drug-likeness (QED) is 0.453. The van der Waals surface area contributed by atoms with Crippen LogP contribution in [0.1, 0.15) is 23.2 Å². The first-order chi connectivity index (χ1) is 12.4. The summed E-state index contributed by atoms with van der Waals surface area (Å²) in [5.41, 5.74) is 2.05. The number of aryl methyl sites for hydroxylation is 3. The van der Waals surface area contributed by atoms with Crippen LogP contribution in [0.25, 0.3) is 10.2 Å². The lowest BCUT2D eigenvalue weighted by Crippen LogP contribution is -2.23. The zero-order valence-electron chi connectivity index (χ0n) is 15.4. The summed E-state index contributed by atoms with van der Waals surface area (Å²) in [6.45, 7) is 8.00. The lowest BCUT2D eigenvalue weighted by atomic mass is 10.2. The summed E-state index contributed by atoms with van der Waals surface area (Å²) < 4.78 is 0. The Balaban J connectivity index is 1.84. The number of rotatable bonds is 5. The zero-order valence-corrected chi connectivity index (χ0v) is 17.9. The van der Waals surface area contributed by atoms with Gasteiger partial charge in [0, 0.05) is 15.2 Å². The maximum atomic E-state index is 12.7. The third-order valence-corrected chi connectivity index (χ3v) is 7.11. The summed E-state index contributed by atoms with van der Waals surface area (Å²) in [4.78, 5) is 25.2. The number of carbonyl (C=O) groups is 1. The minimum atomic E-state index is -0.262. The number of hydrogen-bond donors (Lipinski definition) is 1. The highest BCUT2D eigenvalue weighted by atomic mass is 32.2. The molecule has 1 amide bonds. The molecule has 1 atom stereocenters. The van der Waals surface area contributed by atoms with Gasteiger partial charge in [-0.15, -0.1) is 23.1 Å². The second-order valence-electron chi connectivity index (χ2n) is 5.99. The molecule has 136 valence electrons. The number of fused-ring (bicyclic) bond motifs is 1. The first-order valence-corrected chi connectivity index (χ1v) is 11.2. The van der Waals surface area contributed by atoms with Gasteiger partial charge in [-0.1, -0.05) is 23.9 Å². The molecule has 0 saturated carbocycles. The number of aromatic nitrogens is 2. The van der Waals surface area contributed by atoms with Crippen molar-refractivity contribution < 1.29 is 4.79 Å². The maximum Gasteiger partial charge on any atom is 0.237 e. The number of nitrogens with zero attached hydrogens (tertiary/aromatic N) is 2. The van der Waals surface area contributed by atoms with Crippen LogP contribution in [-0.4, -0.2) is 27.4 Å². The molecule has 2 heterocycles. The highest BCUT2D eigenvalue weighted by Crippen LogP contribution is 2.37. The number of hydrogen-bond acceptors (Lipinski definition) is 6. The Morgan fingerprint density at radius 3 is 2.65 bits per heavy atom. The molecule has 0 aliphatic heterocycles. The number of amides is 1. The molecule has 0 radical (unpaired) electrons. The van der Waals surface area contributed by atoms with Crippen LogP contribution in [-0.2, 0) is 4.79 Å². The zero-order chi connectivity index (χ0) is 18.8. The fourth-order valence-electron chi connectivity index (χ4n) is 2.60. The molecule has 7 heteroatoms. The molecular formula is C19H21N3OS3. The average Bonchev–Trinajstić information content (AvgIpc) is 2.89. The van der Waals surface area contributed by atoms with Crippen molar-refractivity contribution in [2.75, 3.05) is 11.6 Å². The van der Waals surface area contributed by atoms with Crippen molar-refractivity contribution in [3.05, 3.63) is 40.5 Å². The summed E-state index contributed by atoms with van der Waals surface area (Å²) >= 11 is 4.80. The van der Waals surface area contributed by atoms with Gasteiger partial charge in [0.05, 0.1) is 10.9 Å². The van der Waals surface area contributed by atoms with Gasteiger partial charge in [0.15, 0.2) is 0 Å². The molecule has 1 aromatic carbocycles. The van der Waals surface area contributed by atoms with Gasteiger partial charge in [-0.2, -0.15) is 0 Å². The van der Waals surface area contributed by atoms with Crippen molar-refractivity contribution in [2.45, 2.75) is 42.9 Å². The standard InChI is InChI=1S/C19H21N3OS3/c1-10-11(2)25-18-16(10)19(21-13(4)20-18)26-12(3)17(23)22-14-8-6-7-9-15(14)24-5/h6-9,12H,1-5H3,(H,22,23). The van der Waals surface area contributed by atoms with Gasteiger partial charge in [0.2, 0.25) is 5.91 Å². The number of thioether (sulfide) groups is 2. The van der Waals surface area contributed by atoms with Crippen molar-refractivity contribution >= 4 is 56.7 Å². The van der Waals surface area contributed by atoms with E-state index in [0.717, 1.165) is 31.6 Å². The number of carbonyl (C=O) groups excluding carboxylic acids is 1. The number of nitrogens with one attached hydrogen (secondary N) is 1. The van der Waals surface area contributed by atoms with Gasteiger partial charge in [-0.3, -0.25) is 4.79 Å². The number of thiophene rings is 1. The molecule has 3 aromatic rings. The average molecular weight is 404 g/mol. The van der Waals surface area contributed by atoms with Crippen molar-refractivity contribution in [3.63, 3.8) is 0 Å². The van der Waals surface area contributed by atoms with E-state index in [1.165, 1.54) is 22.2 Å². The molecule has 1 N–H and O–H groups in total. The van der Waals surface area contributed by atoms with Gasteiger partial charge >= 0.3 is 0 Å². The van der Waals surface area contributed by atoms with Gasteiger partial charge in [0.1, 0.15) is 15.7 Å². The molecule has 0 fully saturated rings. The highest BCUT2D eigenvalue weighted by Gasteiger charge is 2.20. The van der Waals surface area contributed by atoms with E-state index in [0.29, 0.717) is 0 Å². The molecule has 4 nitrogen and oxygen atoms in total. The molecule has 3 rings (SSSR count). The molecule has 2 aromatic heterocycles. The van der Waals surface area contributed by atoms with E-state index in [1.54, 1.807) is 23.1 Å². The Bertz CT molecular complexity index is 968. The van der Waals surface area contributed by atoms with Crippen LogP contribution in [0.3, 0.4) is 0 Å². The Kier molecular flexibility index (Phi) is 5.89. The van der Waals surface area contributed by atoms with Crippen molar-refractivity contribution in [1.29, 1.82) is 0 Å². The monoisotopic (exact) mass is 403 g/mol. The minimum Gasteiger partial charge on any atom is -0.324 e. The predicted molar refractivity (Wildman–Crippen MR) is 114 cm³/mol.